The van der Waals surface area contributed by atoms with Crippen molar-refractivity contribution in [1.82, 2.24) is 10.2 Å². The second-order valence-electron chi connectivity index (χ2n) is 4.32. The molecule has 0 spiro atoms. The lowest BCUT2D eigenvalue weighted by Gasteiger charge is -2.17. The van der Waals surface area contributed by atoms with Gasteiger partial charge in [-0.15, -0.1) is 0 Å². The Hall–Kier alpha value is -2.39. The molecule has 6 heteroatoms. The Kier molecular flexibility index (Phi) is 6.37. The van der Waals surface area contributed by atoms with E-state index in [1.54, 1.807) is 6.92 Å². The summed E-state index contributed by atoms with van der Waals surface area (Å²) in [4.78, 5) is 24.8. The van der Waals surface area contributed by atoms with E-state index >= 15 is 0 Å². The van der Waals surface area contributed by atoms with Crippen LogP contribution < -0.4 is 11.1 Å². The van der Waals surface area contributed by atoms with Crippen LogP contribution in [0.25, 0.3) is 0 Å². The number of rotatable bonds is 4. The zero-order chi connectivity index (χ0) is 15.8. The SMILES string of the molecule is CCNC(=O)CN(C)C(=O)c1cc(C#CCN)ccc1F. The second kappa shape index (κ2) is 8.02. The fourth-order valence-electron chi connectivity index (χ4n) is 1.67. The highest BCUT2D eigenvalue weighted by Gasteiger charge is 2.18. The monoisotopic (exact) mass is 291 g/mol. The van der Waals surface area contributed by atoms with Crippen molar-refractivity contribution >= 4 is 11.8 Å². The Bertz CT molecular complexity index is 590. The number of carbonyl (C=O) groups is 2. The van der Waals surface area contributed by atoms with E-state index in [4.69, 9.17) is 5.73 Å². The molecule has 1 aromatic rings. The Balaban J connectivity index is 2.92. The Morgan fingerprint density at radius 3 is 2.76 bits per heavy atom. The van der Waals surface area contributed by atoms with Gasteiger partial charge in [0.05, 0.1) is 18.7 Å². The number of nitrogens with zero attached hydrogens (tertiary/aromatic N) is 1. The molecule has 21 heavy (non-hydrogen) atoms. The van der Waals surface area contributed by atoms with Gasteiger partial charge in [-0.25, -0.2) is 4.39 Å². The van der Waals surface area contributed by atoms with Crippen LogP contribution in [0.5, 0.6) is 0 Å². The number of nitrogens with two attached hydrogens (primary N) is 1. The Labute approximate surface area is 123 Å². The van der Waals surface area contributed by atoms with E-state index in [9.17, 15) is 14.0 Å². The molecule has 0 radical (unpaired) electrons. The molecule has 2 amide bonds. The van der Waals surface area contributed by atoms with Gasteiger partial charge in [-0.3, -0.25) is 9.59 Å². The van der Waals surface area contributed by atoms with Gasteiger partial charge in [0.25, 0.3) is 5.91 Å². The molecule has 3 N–H and O–H groups in total. The molecule has 0 unspecified atom stereocenters. The number of halogens is 1. The van der Waals surface area contributed by atoms with Gasteiger partial charge in [0.2, 0.25) is 5.91 Å². The largest absolute Gasteiger partial charge is 0.355 e. The lowest BCUT2D eigenvalue weighted by molar-refractivity contribution is -0.121. The Morgan fingerprint density at radius 1 is 1.43 bits per heavy atom. The first kappa shape index (κ1) is 16.7. The Morgan fingerprint density at radius 2 is 2.14 bits per heavy atom. The van der Waals surface area contributed by atoms with E-state index < -0.39 is 11.7 Å². The lowest BCUT2D eigenvalue weighted by atomic mass is 10.1. The fourth-order valence-corrected chi connectivity index (χ4v) is 1.67. The fraction of sp³-hybridized carbons (Fsp3) is 0.333. The molecule has 112 valence electrons. The molecule has 0 aliphatic rings. The van der Waals surface area contributed by atoms with Gasteiger partial charge in [0, 0.05) is 19.2 Å². The number of carbonyl (C=O) groups excluding carboxylic acids is 2. The van der Waals surface area contributed by atoms with E-state index in [1.807, 2.05) is 0 Å². The van der Waals surface area contributed by atoms with Crippen LogP contribution in [0.3, 0.4) is 0 Å². The summed E-state index contributed by atoms with van der Waals surface area (Å²) in [6.45, 7) is 2.29. The number of nitrogens with one attached hydrogen (secondary N) is 1. The summed E-state index contributed by atoms with van der Waals surface area (Å²) in [7, 11) is 1.44. The van der Waals surface area contributed by atoms with Crippen molar-refractivity contribution < 1.29 is 14.0 Å². The molecule has 0 heterocycles. The molecule has 1 rings (SSSR count). The maximum atomic E-state index is 13.8. The molecule has 1 aromatic carbocycles. The van der Waals surface area contributed by atoms with E-state index in [2.05, 4.69) is 17.2 Å². The number of hydrogen-bond donors (Lipinski definition) is 2. The number of amides is 2. The first-order valence-electron chi connectivity index (χ1n) is 6.50. The van der Waals surface area contributed by atoms with Crippen LogP contribution in [0.2, 0.25) is 0 Å². The highest BCUT2D eigenvalue weighted by molar-refractivity contribution is 5.96. The molecule has 0 aliphatic heterocycles. The number of hydrogen-bond acceptors (Lipinski definition) is 3. The zero-order valence-corrected chi connectivity index (χ0v) is 12.1. The third kappa shape index (κ3) is 4.89. The van der Waals surface area contributed by atoms with Crippen LogP contribution in [-0.2, 0) is 4.79 Å². The van der Waals surface area contributed by atoms with E-state index in [1.165, 1.54) is 25.2 Å². The molecule has 0 saturated carbocycles. The van der Waals surface area contributed by atoms with Gasteiger partial charge in [-0.1, -0.05) is 11.8 Å². The molecule has 0 atom stereocenters. The van der Waals surface area contributed by atoms with Crippen molar-refractivity contribution in [2.45, 2.75) is 6.92 Å². The molecule has 0 bridgehead atoms. The molecule has 0 aliphatic carbocycles. The molecule has 0 fully saturated rings. The highest BCUT2D eigenvalue weighted by atomic mass is 19.1. The quantitative estimate of drug-likeness (QED) is 0.786. The van der Waals surface area contributed by atoms with Crippen molar-refractivity contribution in [2.75, 3.05) is 26.7 Å². The normalized spacial score (nSPS) is 9.52. The van der Waals surface area contributed by atoms with Gasteiger partial charge < -0.3 is 16.0 Å². The summed E-state index contributed by atoms with van der Waals surface area (Å²) < 4.78 is 13.8. The average molecular weight is 291 g/mol. The minimum atomic E-state index is -0.652. The minimum absolute atomic E-state index is 0.120. The van der Waals surface area contributed by atoms with Crippen LogP contribution in [0.4, 0.5) is 4.39 Å². The summed E-state index contributed by atoms with van der Waals surface area (Å²) >= 11 is 0. The third-order valence-corrected chi connectivity index (χ3v) is 2.63. The van der Waals surface area contributed by atoms with Crippen LogP contribution in [0, 0.1) is 17.7 Å². The average Bonchev–Trinajstić information content (AvgIpc) is 2.45. The van der Waals surface area contributed by atoms with Gasteiger partial charge >= 0.3 is 0 Å². The lowest BCUT2D eigenvalue weighted by Crippen LogP contribution is -2.38. The zero-order valence-electron chi connectivity index (χ0n) is 12.1. The molecule has 5 nitrogen and oxygen atoms in total. The standard InChI is InChI=1S/C15H18FN3O2/c1-3-18-14(20)10-19(2)15(21)12-9-11(5-4-8-17)6-7-13(12)16/h6-7,9H,3,8,10,17H2,1-2H3,(H,18,20). The first-order chi connectivity index (χ1) is 9.99. The molecular formula is C15H18FN3O2. The summed E-state index contributed by atoms with van der Waals surface area (Å²) in [5.41, 5.74) is 5.65. The first-order valence-corrected chi connectivity index (χ1v) is 6.50. The number of benzene rings is 1. The van der Waals surface area contributed by atoms with Crippen molar-refractivity contribution in [3.63, 3.8) is 0 Å². The maximum Gasteiger partial charge on any atom is 0.257 e. The molecule has 0 saturated heterocycles. The third-order valence-electron chi connectivity index (χ3n) is 2.63. The van der Waals surface area contributed by atoms with Crippen molar-refractivity contribution in [3.05, 3.63) is 35.1 Å². The highest BCUT2D eigenvalue weighted by Crippen LogP contribution is 2.12. The van der Waals surface area contributed by atoms with E-state index in [-0.39, 0.29) is 24.6 Å². The van der Waals surface area contributed by atoms with Crippen molar-refractivity contribution in [1.29, 1.82) is 0 Å². The predicted molar refractivity (Wildman–Crippen MR) is 78.0 cm³/mol. The van der Waals surface area contributed by atoms with Crippen LogP contribution >= 0.6 is 0 Å². The summed E-state index contributed by atoms with van der Waals surface area (Å²) in [6, 6.07) is 4.00. The van der Waals surface area contributed by atoms with Gasteiger partial charge in [0.15, 0.2) is 0 Å². The van der Waals surface area contributed by atoms with Gasteiger partial charge in [-0.05, 0) is 25.1 Å². The summed E-state index contributed by atoms with van der Waals surface area (Å²) in [5.74, 6) is 3.85. The topological polar surface area (TPSA) is 75.4 Å². The predicted octanol–water partition coefficient (Wildman–Crippen LogP) is 0.344. The van der Waals surface area contributed by atoms with Crippen LogP contribution in [0.1, 0.15) is 22.8 Å². The van der Waals surface area contributed by atoms with Gasteiger partial charge in [-0.2, -0.15) is 0 Å². The maximum absolute atomic E-state index is 13.8. The minimum Gasteiger partial charge on any atom is -0.355 e. The molecular weight excluding hydrogens is 273 g/mol. The summed E-state index contributed by atoms with van der Waals surface area (Å²) in [6.07, 6.45) is 0. The summed E-state index contributed by atoms with van der Waals surface area (Å²) in [5, 5.41) is 2.57. The van der Waals surface area contributed by atoms with Crippen LogP contribution in [0.15, 0.2) is 18.2 Å². The smallest absolute Gasteiger partial charge is 0.257 e. The van der Waals surface area contributed by atoms with E-state index in [0.29, 0.717) is 12.1 Å². The van der Waals surface area contributed by atoms with Crippen molar-refractivity contribution in [3.8, 4) is 11.8 Å². The van der Waals surface area contributed by atoms with Crippen LogP contribution in [-0.4, -0.2) is 43.4 Å². The van der Waals surface area contributed by atoms with E-state index in [0.717, 1.165) is 4.90 Å². The number of likely N-dealkylation sites (N-methyl/N-ethyl adjacent to an activating group) is 2. The molecule has 0 aromatic heterocycles. The van der Waals surface area contributed by atoms with Gasteiger partial charge in [0.1, 0.15) is 5.82 Å². The second-order valence-corrected chi connectivity index (χ2v) is 4.32. The van der Waals surface area contributed by atoms with Crippen molar-refractivity contribution in [2.24, 2.45) is 5.73 Å².